The van der Waals surface area contributed by atoms with Gasteiger partial charge in [-0.1, -0.05) is 18.0 Å². The van der Waals surface area contributed by atoms with Crippen molar-refractivity contribution in [2.45, 2.75) is 44.6 Å². The van der Waals surface area contributed by atoms with Crippen molar-refractivity contribution in [1.29, 1.82) is 0 Å². The Morgan fingerprint density at radius 1 is 1.62 bits per heavy atom. The fraction of sp³-hybridized carbons (Fsp3) is 0.636. The number of rotatable bonds is 3. The lowest BCUT2D eigenvalue weighted by Crippen LogP contribution is -2.40. The van der Waals surface area contributed by atoms with Gasteiger partial charge in [0, 0.05) is 18.0 Å². The summed E-state index contributed by atoms with van der Waals surface area (Å²) in [6, 6.07) is 1.69. The highest BCUT2D eigenvalue weighted by Crippen LogP contribution is 2.30. The van der Waals surface area contributed by atoms with Crippen LogP contribution in [0.25, 0.3) is 0 Å². The lowest BCUT2D eigenvalue weighted by Gasteiger charge is -2.21. The average molecular weight is 223 g/mol. The van der Waals surface area contributed by atoms with Gasteiger partial charge in [-0.3, -0.25) is 4.79 Å². The van der Waals surface area contributed by atoms with Crippen molar-refractivity contribution >= 4 is 11.7 Å². The predicted molar refractivity (Wildman–Crippen MR) is 59.9 cm³/mol. The maximum Gasteiger partial charge on any atom is 0.227 e. The molecular formula is C11H17N3O2. The largest absolute Gasteiger partial charge is 0.360 e. The van der Waals surface area contributed by atoms with Crippen molar-refractivity contribution < 1.29 is 9.32 Å². The minimum Gasteiger partial charge on any atom is -0.360 e. The third kappa shape index (κ3) is 2.61. The zero-order chi connectivity index (χ0) is 11.6. The Morgan fingerprint density at radius 2 is 2.31 bits per heavy atom. The maximum atomic E-state index is 11.7. The number of carbonyl (C=O) groups excluding carboxylic acids is 1. The number of nitrogens with two attached hydrogens (primary N) is 1. The Bertz CT molecular complexity index is 380. The van der Waals surface area contributed by atoms with Gasteiger partial charge in [0.1, 0.15) is 5.76 Å². The van der Waals surface area contributed by atoms with E-state index in [1.165, 1.54) is 0 Å². The monoisotopic (exact) mass is 223 g/mol. The van der Waals surface area contributed by atoms with E-state index >= 15 is 0 Å². The van der Waals surface area contributed by atoms with Gasteiger partial charge in [-0.05, 0) is 19.8 Å². The van der Waals surface area contributed by atoms with Crippen molar-refractivity contribution in [3.8, 4) is 0 Å². The van der Waals surface area contributed by atoms with E-state index in [2.05, 4.69) is 10.5 Å². The number of carbonyl (C=O) groups is 1. The molecule has 1 saturated carbocycles. The molecular weight excluding hydrogens is 206 g/mol. The number of aryl methyl sites for hydroxylation is 1. The van der Waals surface area contributed by atoms with Crippen molar-refractivity contribution in [3.63, 3.8) is 0 Å². The highest BCUT2D eigenvalue weighted by Gasteiger charge is 2.31. The predicted octanol–water partition coefficient (Wildman–Crippen LogP) is 1.58. The molecule has 1 aliphatic rings. The number of aromatic nitrogens is 1. The Hall–Kier alpha value is -1.36. The van der Waals surface area contributed by atoms with Crippen LogP contribution in [0, 0.1) is 6.92 Å². The molecule has 0 spiro atoms. The molecule has 1 aromatic heterocycles. The Labute approximate surface area is 94.4 Å². The van der Waals surface area contributed by atoms with Crippen molar-refractivity contribution in [2.24, 2.45) is 5.73 Å². The van der Waals surface area contributed by atoms with Crippen LogP contribution in [-0.4, -0.2) is 16.6 Å². The molecule has 5 heteroatoms. The minimum absolute atomic E-state index is 0.0855. The second-order valence-corrected chi connectivity index (χ2v) is 4.62. The Kier molecular flexibility index (Phi) is 2.96. The van der Waals surface area contributed by atoms with Crippen LogP contribution in [0.2, 0.25) is 0 Å². The molecule has 0 bridgehead atoms. The van der Waals surface area contributed by atoms with Crippen molar-refractivity contribution in [1.82, 2.24) is 5.16 Å². The van der Waals surface area contributed by atoms with Gasteiger partial charge in [-0.15, -0.1) is 0 Å². The van der Waals surface area contributed by atoms with Gasteiger partial charge in [0.05, 0.1) is 0 Å². The van der Waals surface area contributed by atoms with Crippen LogP contribution in [0.3, 0.4) is 0 Å². The van der Waals surface area contributed by atoms with E-state index in [1.54, 1.807) is 13.0 Å². The lowest BCUT2D eigenvalue weighted by molar-refractivity contribution is -0.117. The zero-order valence-corrected chi connectivity index (χ0v) is 9.45. The van der Waals surface area contributed by atoms with Crippen LogP contribution in [0.5, 0.6) is 0 Å². The van der Waals surface area contributed by atoms with Crippen LogP contribution >= 0.6 is 0 Å². The summed E-state index contributed by atoms with van der Waals surface area (Å²) in [5, 5.41) is 6.40. The molecule has 2 rings (SSSR count). The first kappa shape index (κ1) is 11.1. The SMILES string of the molecule is Cc1cc(NC(=O)CC2(N)CCCC2)no1. The summed E-state index contributed by atoms with van der Waals surface area (Å²) in [4.78, 5) is 11.7. The number of nitrogens with zero attached hydrogens (tertiary/aromatic N) is 1. The van der Waals surface area contributed by atoms with Gasteiger partial charge in [-0.2, -0.15) is 0 Å². The molecule has 1 fully saturated rings. The first-order valence-electron chi connectivity index (χ1n) is 5.59. The summed E-state index contributed by atoms with van der Waals surface area (Å²) >= 11 is 0. The first-order valence-corrected chi connectivity index (χ1v) is 5.59. The van der Waals surface area contributed by atoms with Gasteiger partial charge >= 0.3 is 0 Å². The fourth-order valence-corrected chi connectivity index (χ4v) is 2.19. The van der Waals surface area contributed by atoms with Gasteiger partial charge in [0.2, 0.25) is 5.91 Å². The molecule has 0 aliphatic heterocycles. The van der Waals surface area contributed by atoms with Crippen molar-refractivity contribution in [2.75, 3.05) is 5.32 Å². The number of nitrogens with one attached hydrogen (secondary N) is 1. The Balaban J connectivity index is 1.89. The number of hydrogen-bond donors (Lipinski definition) is 2. The number of hydrogen-bond acceptors (Lipinski definition) is 4. The molecule has 5 nitrogen and oxygen atoms in total. The minimum atomic E-state index is -0.317. The Morgan fingerprint density at radius 3 is 2.88 bits per heavy atom. The van der Waals surface area contributed by atoms with E-state index in [0.29, 0.717) is 18.0 Å². The summed E-state index contributed by atoms with van der Waals surface area (Å²) in [6.45, 7) is 1.78. The molecule has 1 heterocycles. The summed E-state index contributed by atoms with van der Waals surface area (Å²) in [5.41, 5.74) is 5.80. The van der Waals surface area contributed by atoms with Gasteiger partial charge in [0.15, 0.2) is 5.82 Å². The summed E-state index contributed by atoms with van der Waals surface area (Å²) in [5.74, 6) is 1.06. The topological polar surface area (TPSA) is 81.2 Å². The fourth-order valence-electron chi connectivity index (χ4n) is 2.19. The third-order valence-electron chi connectivity index (χ3n) is 3.01. The molecule has 0 atom stereocenters. The van der Waals surface area contributed by atoms with E-state index < -0.39 is 0 Å². The van der Waals surface area contributed by atoms with Crippen LogP contribution in [0.1, 0.15) is 37.9 Å². The number of amides is 1. The van der Waals surface area contributed by atoms with Crippen LogP contribution in [-0.2, 0) is 4.79 Å². The first-order chi connectivity index (χ1) is 7.57. The van der Waals surface area contributed by atoms with Crippen LogP contribution in [0.4, 0.5) is 5.82 Å². The normalized spacial score (nSPS) is 18.6. The third-order valence-corrected chi connectivity index (χ3v) is 3.01. The quantitative estimate of drug-likeness (QED) is 0.815. The lowest BCUT2D eigenvalue weighted by atomic mass is 9.94. The summed E-state index contributed by atoms with van der Waals surface area (Å²) in [6.07, 6.45) is 4.45. The maximum absolute atomic E-state index is 11.7. The second-order valence-electron chi connectivity index (χ2n) is 4.62. The highest BCUT2D eigenvalue weighted by atomic mass is 16.5. The molecule has 16 heavy (non-hydrogen) atoms. The molecule has 1 amide bonds. The smallest absolute Gasteiger partial charge is 0.227 e. The molecule has 0 unspecified atom stereocenters. The van der Waals surface area contributed by atoms with E-state index in [4.69, 9.17) is 10.3 Å². The highest BCUT2D eigenvalue weighted by molar-refractivity contribution is 5.90. The van der Waals surface area contributed by atoms with E-state index in [0.717, 1.165) is 25.7 Å². The van der Waals surface area contributed by atoms with Gasteiger partial charge in [0.25, 0.3) is 0 Å². The molecule has 1 aliphatic carbocycles. The molecule has 0 saturated heterocycles. The van der Waals surface area contributed by atoms with Crippen molar-refractivity contribution in [3.05, 3.63) is 11.8 Å². The zero-order valence-electron chi connectivity index (χ0n) is 9.45. The van der Waals surface area contributed by atoms with E-state index in [1.807, 2.05) is 0 Å². The molecule has 0 radical (unpaired) electrons. The average Bonchev–Trinajstić information content (AvgIpc) is 2.75. The van der Waals surface area contributed by atoms with Crippen LogP contribution in [0.15, 0.2) is 10.6 Å². The number of anilines is 1. The van der Waals surface area contributed by atoms with Gasteiger partial charge < -0.3 is 15.6 Å². The summed E-state index contributed by atoms with van der Waals surface area (Å²) < 4.78 is 4.86. The molecule has 3 N–H and O–H groups in total. The molecule has 88 valence electrons. The standard InChI is InChI=1S/C11H17N3O2/c1-8-6-9(14-16-8)13-10(15)7-11(12)4-2-3-5-11/h6H,2-5,7,12H2,1H3,(H,13,14,15). The van der Waals surface area contributed by atoms with E-state index in [-0.39, 0.29) is 11.4 Å². The molecule has 1 aromatic rings. The van der Waals surface area contributed by atoms with Gasteiger partial charge in [-0.25, -0.2) is 0 Å². The molecule has 0 aromatic carbocycles. The van der Waals surface area contributed by atoms with E-state index in [9.17, 15) is 4.79 Å². The second kappa shape index (κ2) is 4.25. The van der Waals surface area contributed by atoms with Crippen LogP contribution < -0.4 is 11.1 Å². The summed E-state index contributed by atoms with van der Waals surface area (Å²) in [7, 11) is 0.